The number of benzene rings is 2. The highest BCUT2D eigenvalue weighted by molar-refractivity contribution is 5.96. The summed E-state index contributed by atoms with van der Waals surface area (Å²) in [5.74, 6) is 4.12. The number of hydrogen-bond donors (Lipinski definition) is 2. The minimum atomic E-state index is -0.888. The van der Waals surface area contributed by atoms with Crippen molar-refractivity contribution < 1.29 is 33.4 Å². The molecule has 15 heteroatoms. The number of amides is 4. The lowest BCUT2D eigenvalue weighted by Gasteiger charge is -2.31. The molecule has 0 radical (unpaired) electrons. The summed E-state index contributed by atoms with van der Waals surface area (Å²) in [6.07, 6.45) is 4.81. The van der Waals surface area contributed by atoms with E-state index in [0.717, 1.165) is 62.9 Å². The van der Waals surface area contributed by atoms with Gasteiger partial charge in [-0.2, -0.15) is 0 Å². The van der Waals surface area contributed by atoms with Crippen LogP contribution in [0.15, 0.2) is 60.8 Å². The van der Waals surface area contributed by atoms with Gasteiger partial charge in [0.2, 0.25) is 11.8 Å². The van der Waals surface area contributed by atoms with E-state index in [2.05, 4.69) is 78.3 Å². The highest BCUT2D eigenvalue weighted by Crippen LogP contribution is 2.42. The first-order valence-corrected chi connectivity index (χ1v) is 22.9. The molecule has 0 aliphatic carbocycles. The number of methoxy groups -OCH3 is 1. The van der Waals surface area contributed by atoms with Gasteiger partial charge in [0, 0.05) is 88.9 Å². The van der Waals surface area contributed by atoms with Crippen molar-refractivity contribution >= 4 is 41.0 Å². The lowest BCUT2D eigenvalue weighted by Crippen LogP contribution is -2.57. The molecule has 4 amide bonds. The van der Waals surface area contributed by atoms with Crippen molar-refractivity contribution in [1.29, 1.82) is 0 Å². The lowest BCUT2D eigenvalue weighted by atomic mass is 9.84. The van der Waals surface area contributed by atoms with Crippen LogP contribution in [0.25, 0.3) is 33.3 Å². The molecule has 2 aromatic carbocycles. The number of pyridine rings is 1. The predicted molar refractivity (Wildman–Crippen MR) is 254 cm³/mol. The molecule has 2 aliphatic heterocycles. The minimum absolute atomic E-state index is 0.150. The van der Waals surface area contributed by atoms with E-state index in [-0.39, 0.29) is 49.3 Å². The summed E-state index contributed by atoms with van der Waals surface area (Å²) in [7, 11) is 6.59. The Bertz CT molecular complexity index is 2450. The van der Waals surface area contributed by atoms with Gasteiger partial charge in [0.1, 0.15) is 6.04 Å². The van der Waals surface area contributed by atoms with Crippen LogP contribution in [-0.4, -0.2) is 140 Å². The number of nitrogens with zero attached hydrogens (tertiary/aromatic N) is 6. The third-order valence-corrected chi connectivity index (χ3v) is 12.5. The smallest absolute Gasteiger partial charge is 0.297 e. The van der Waals surface area contributed by atoms with Crippen molar-refractivity contribution in [3.05, 3.63) is 77.6 Å². The fourth-order valence-electron chi connectivity index (χ4n) is 9.00. The fraction of sp³-hybridized carbons (Fsp3) is 0.490. The molecule has 2 N–H and O–H groups in total. The Kier molecular flexibility index (Phi) is 16.8. The van der Waals surface area contributed by atoms with Gasteiger partial charge < -0.3 is 29.2 Å². The summed E-state index contributed by atoms with van der Waals surface area (Å²) in [6.45, 7) is 12.3. The molecule has 2 saturated heterocycles. The number of rotatable bonds is 18. The summed E-state index contributed by atoms with van der Waals surface area (Å²) >= 11 is 0. The Labute approximate surface area is 389 Å². The van der Waals surface area contributed by atoms with Gasteiger partial charge in [-0.25, -0.2) is 5.43 Å². The minimum Gasteiger partial charge on any atom is -0.467 e. The summed E-state index contributed by atoms with van der Waals surface area (Å²) < 4.78 is 13.4. The summed E-state index contributed by atoms with van der Waals surface area (Å²) in [5, 5.41) is 5.66. The number of carbonyl (C=O) groups excluding carboxylic acids is 5. The molecule has 0 unspecified atom stereocenters. The largest absolute Gasteiger partial charge is 0.467 e. The topological polar surface area (TPSA) is 159 Å². The van der Waals surface area contributed by atoms with Crippen molar-refractivity contribution in [3.8, 4) is 34.2 Å². The fourth-order valence-corrected chi connectivity index (χ4v) is 9.00. The Morgan fingerprint density at radius 1 is 1.05 bits per heavy atom. The maximum absolute atomic E-state index is 14.1. The number of nitrogens with one attached hydrogen (secondary N) is 2. The van der Waals surface area contributed by atoms with Crippen molar-refractivity contribution in [3.63, 3.8) is 0 Å². The van der Waals surface area contributed by atoms with Gasteiger partial charge in [0.05, 0.1) is 43.1 Å². The molecule has 2 fully saturated rings. The van der Waals surface area contributed by atoms with Gasteiger partial charge in [0.25, 0.3) is 18.3 Å². The average Bonchev–Trinajstić information content (AvgIpc) is 3.91. The molecule has 3 atom stereocenters. The molecule has 352 valence electrons. The summed E-state index contributed by atoms with van der Waals surface area (Å²) in [6, 6.07) is 17.7. The average molecular weight is 903 g/mol. The van der Waals surface area contributed by atoms with Crippen molar-refractivity contribution in [2.24, 2.45) is 11.3 Å². The molecule has 2 aromatic heterocycles. The van der Waals surface area contributed by atoms with E-state index in [1.165, 1.54) is 9.80 Å². The van der Waals surface area contributed by atoms with Crippen LogP contribution in [0, 0.1) is 23.2 Å². The van der Waals surface area contributed by atoms with Crippen LogP contribution in [0.2, 0.25) is 0 Å². The molecule has 2 aliphatic rings. The second-order valence-corrected chi connectivity index (χ2v) is 18.4. The maximum Gasteiger partial charge on any atom is 0.297 e. The SMILES string of the molecule is CCn1c(-c2cccnc2[C@H](C)OC)c(CC(C)(C)COC=O)c2cc(-c3cccc(C[C@H](NC(=O)CN(C)C(=O)[C@H]4CCN(CC#CC(=O)N(C)C)C4)C(=O)N4CCCCN4)c3)ccc21. The zero-order valence-corrected chi connectivity index (χ0v) is 39.8. The number of fused-ring (bicyclic) bond motifs is 1. The van der Waals surface area contributed by atoms with Crippen LogP contribution in [0.1, 0.15) is 69.9 Å². The second kappa shape index (κ2) is 22.4. The van der Waals surface area contributed by atoms with E-state index < -0.39 is 17.4 Å². The molecular formula is C51H66N8O7. The number of ether oxygens (including phenoxy) is 2. The van der Waals surface area contributed by atoms with Crippen molar-refractivity contribution in [2.75, 3.05) is 74.1 Å². The molecule has 4 aromatic rings. The van der Waals surface area contributed by atoms with E-state index in [1.54, 1.807) is 39.5 Å². The van der Waals surface area contributed by atoms with Crippen LogP contribution >= 0.6 is 0 Å². The first-order chi connectivity index (χ1) is 31.6. The third-order valence-electron chi connectivity index (χ3n) is 12.5. The molecule has 4 heterocycles. The monoisotopic (exact) mass is 903 g/mol. The van der Waals surface area contributed by atoms with E-state index in [1.807, 2.05) is 36.1 Å². The molecule has 0 saturated carbocycles. The Balaban J connectivity index is 1.26. The van der Waals surface area contributed by atoms with Crippen molar-refractivity contribution in [2.45, 2.75) is 78.5 Å². The van der Waals surface area contributed by atoms with Gasteiger partial charge in [-0.3, -0.25) is 38.9 Å². The standard InChI is InChI=1S/C51H66N8O7/c1-9-58-44-20-19-38(29-41(44)42(30-51(3,4)33-66-34-60)48(58)40-17-13-22-52-47(40)35(2)65-8)37-16-12-15-36(27-37)28-43(50(64)59-25-11-10-23-53-59)54-45(61)32-56(7)49(63)39-21-26-57(31-39)24-14-18-46(62)55(5)6/h12-13,15-17,19-20,22,27,29,34-35,39,43,53H,9-11,21,23-26,28,30-33H2,1-8H3,(H,54,61)/t35-,39-,43-/m0/s1. The van der Waals surface area contributed by atoms with E-state index in [0.29, 0.717) is 58.6 Å². The number of hydrogen-bond acceptors (Lipinski definition) is 10. The van der Waals surface area contributed by atoms with Gasteiger partial charge in [-0.15, -0.1) is 0 Å². The van der Waals surface area contributed by atoms with Crippen LogP contribution in [-0.2, 0) is 52.8 Å². The second-order valence-electron chi connectivity index (χ2n) is 18.4. The summed E-state index contributed by atoms with van der Waals surface area (Å²) in [5.41, 5.74) is 10.6. The van der Waals surface area contributed by atoms with E-state index >= 15 is 0 Å². The van der Waals surface area contributed by atoms with Crippen LogP contribution in [0.4, 0.5) is 0 Å². The summed E-state index contributed by atoms with van der Waals surface area (Å²) in [4.78, 5) is 74.2. The first-order valence-electron chi connectivity index (χ1n) is 22.9. The molecule has 6 rings (SSSR count). The maximum atomic E-state index is 14.1. The molecular weight excluding hydrogens is 837 g/mol. The van der Waals surface area contributed by atoms with Crippen LogP contribution in [0.5, 0.6) is 0 Å². The Morgan fingerprint density at radius 2 is 1.83 bits per heavy atom. The van der Waals surface area contributed by atoms with Gasteiger partial charge in [-0.05, 0) is 98.5 Å². The normalized spacial score (nSPS) is 16.2. The zero-order chi connectivity index (χ0) is 47.5. The molecule has 0 spiro atoms. The van der Waals surface area contributed by atoms with Gasteiger partial charge in [-0.1, -0.05) is 50.1 Å². The number of hydrazine groups is 1. The third kappa shape index (κ3) is 12.0. The van der Waals surface area contributed by atoms with Crippen LogP contribution < -0.4 is 10.7 Å². The quantitative estimate of drug-likeness (QED) is 0.104. The number of aryl methyl sites for hydroxylation is 1. The first kappa shape index (κ1) is 49.4. The number of aromatic nitrogens is 2. The molecule has 15 nitrogen and oxygen atoms in total. The van der Waals surface area contributed by atoms with Gasteiger partial charge >= 0.3 is 0 Å². The highest BCUT2D eigenvalue weighted by atomic mass is 16.5. The zero-order valence-electron chi connectivity index (χ0n) is 39.8. The van der Waals surface area contributed by atoms with Crippen molar-refractivity contribution in [1.82, 2.24) is 40.0 Å². The van der Waals surface area contributed by atoms with Gasteiger partial charge in [0.15, 0.2) is 0 Å². The molecule has 0 bridgehead atoms. The number of likely N-dealkylation sites (N-methyl/N-ethyl adjacent to an activating group) is 1. The van der Waals surface area contributed by atoms with Crippen LogP contribution in [0.3, 0.4) is 0 Å². The van der Waals surface area contributed by atoms with E-state index in [9.17, 15) is 24.0 Å². The Morgan fingerprint density at radius 3 is 2.55 bits per heavy atom. The highest BCUT2D eigenvalue weighted by Gasteiger charge is 2.33. The molecule has 66 heavy (non-hydrogen) atoms. The lowest BCUT2D eigenvalue weighted by molar-refractivity contribution is -0.141. The number of carbonyl (C=O) groups is 5. The Hall–Kier alpha value is -6.08. The predicted octanol–water partition coefficient (Wildman–Crippen LogP) is 4.87. The van der Waals surface area contributed by atoms with E-state index in [4.69, 9.17) is 14.5 Å². The number of likely N-dealkylation sites (tertiary alicyclic amines) is 1.